The molecule has 0 spiro atoms. The molecule has 2 aliphatic rings. The Kier molecular flexibility index (Phi) is 5.00. The predicted molar refractivity (Wildman–Crippen MR) is 96.7 cm³/mol. The molecule has 2 heterocycles. The molecule has 1 aromatic carbocycles. The Morgan fingerprint density at radius 3 is 2.63 bits per heavy atom. The summed E-state index contributed by atoms with van der Waals surface area (Å²) in [6, 6.07) is 4.75. The van der Waals surface area contributed by atoms with E-state index in [0.717, 1.165) is 0 Å². The first-order valence-electron chi connectivity index (χ1n) is 7.89. The van der Waals surface area contributed by atoms with Gasteiger partial charge in [0.25, 0.3) is 11.6 Å². The normalized spacial score (nSPS) is 21.2. The number of thioether (sulfide) groups is 1. The lowest BCUT2D eigenvalue weighted by Gasteiger charge is -2.49. The van der Waals surface area contributed by atoms with Gasteiger partial charge in [0.15, 0.2) is 0 Å². The summed E-state index contributed by atoms with van der Waals surface area (Å²) in [7, 11) is 0. The second-order valence-electron chi connectivity index (χ2n) is 5.94. The van der Waals surface area contributed by atoms with E-state index in [2.05, 4.69) is 11.9 Å². The molecule has 27 heavy (non-hydrogen) atoms. The standard InChI is InChI=1S/C17H15N3O6S/c1-2-10-8-27-16-13(15(22)19(16)14(10)17(23)24)18-12(21)7-9-3-5-11(6-4-9)20(25)26/h2-6,13,16H,1,7-8H2,(H,18,21)(H,23,24)/t13-,16-/m1/s1. The lowest BCUT2D eigenvalue weighted by molar-refractivity contribution is -0.384. The van der Waals surface area contributed by atoms with E-state index in [1.54, 1.807) is 0 Å². The van der Waals surface area contributed by atoms with Crippen LogP contribution in [0.5, 0.6) is 0 Å². The number of non-ortho nitro benzene ring substituents is 1. The fourth-order valence-electron chi connectivity index (χ4n) is 2.94. The summed E-state index contributed by atoms with van der Waals surface area (Å²) in [5.41, 5.74) is 0.860. The number of fused-ring (bicyclic) bond motifs is 1. The van der Waals surface area contributed by atoms with Gasteiger partial charge >= 0.3 is 5.97 Å². The lowest BCUT2D eigenvalue weighted by Crippen LogP contribution is -2.70. The molecule has 2 N–H and O–H groups in total. The zero-order valence-electron chi connectivity index (χ0n) is 14.0. The number of nitrogens with zero attached hydrogens (tertiary/aromatic N) is 2. The Labute approximate surface area is 157 Å². The molecule has 0 saturated carbocycles. The Balaban J connectivity index is 1.66. The first-order valence-corrected chi connectivity index (χ1v) is 8.94. The van der Waals surface area contributed by atoms with E-state index in [1.807, 2.05) is 0 Å². The molecule has 0 unspecified atom stereocenters. The Morgan fingerprint density at radius 2 is 2.07 bits per heavy atom. The van der Waals surface area contributed by atoms with Crippen molar-refractivity contribution in [3.63, 3.8) is 0 Å². The molecule has 0 radical (unpaired) electrons. The van der Waals surface area contributed by atoms with Crippen molar-refractivity contribution < 1.29 is 24.4 Å². The van der Waals surface area contributed by atoms with Gasteiger partial charge in [-0.1, -0.05) is 24.8 Å². The van der Waals surface area contributed by atoms with Gasteiger partial charge in [0.05, 0.1) is 11.3 Å². The molecule has 1 saturated heterocycles. The summed E-state index contributed by atoms with van der Waals surface area (Å²) < 4.78 is 0. The predicted octanol–water partition coefficient (Wildman–Crippen LogP) is 1.06. The van der Waals surface area contributed by atoms with Crippen LogP contribution in [0.2, 0.25) is 0 Å². The van der Waals surface area contributed by atoms with E-state index < -0.39 is 34.1 Å². The van der Waals surface area contributed by atoms with Crippen molar-refractivity contribution in [1.82, 2.24) is 10.2 Å². The highest BCUT2D eigenvalue weighted by molar-refractivity contribution is 8.00. The topological polar surface area (TPSA) is 130 Å². The number of carbonyl (C=O) groups is 3. The van der Waals surface area contributed by atoms with Crippen molar-refractivity contribution in [2.24, 2.45) is 0 Å². The summed E-state index contributed by atoms with van der Waals surface area (Å²) in [5.74, 6) is -1.73. The number of allylic oxidation sites excluding steroid dienone is 1. The number of aliphatic carboxylic acids is 1. The number of nitro groups is 1. The smallest absolute Gasteiger partial charge is 0.352 e. The lowest BCUT2D eigenvalue weighted by atomic mass is 10.0. The quantitative estimate of drug-likeness (QED) is 0.423. The molecule has 10 heteroatoms. The third kappa shape index (κ3) is 3.43. The van der Waals surface area contributed by atoms with Crippen LogP contribution in [0.3, 0.4) is 0 Å². The van der Waals surface area contributed by atoms with Crippen LogP contribution in [-0.2, 0) is 20.8 Å². The van der Waals surface area contributed by atoms with E-state index in [0.29, 0.717) is 16.9 Å². The molecule has 2 atom stereocenters. The minimum Gasteiger partial charge on any atom is -0.477 e. The summed E-state index contributed by atoms with van der Waals surface area (Å²) in [6.07, 6.45) is 1.37. The molecule has 2 amide bonds. The van der Waals surface area contributed by atoms with Crippen molar-refractivity contribution in [3.8, 4) is 0 Å². The fraction of sp³-hybridized carbons (Fsp3) is 0.235. The van der Waals surface area contributed by atoms with E-state index in [9.17, 15) is 29.6 Å². The summed E-state index contributed by atoms with van der Waals surface area (Å²) >= 11 is 1.36. The first-order chi connectivity index (χ1) is 12.8. The van der Waals surface area contributed by atoms with Gasteiger partial charge in [-0.25, -0.2) is 4.79 Å². The van der Waals surface area contributed by atoms with Crippen LogP contribution >= 0.6 is 11.8 Å². The van der Waals surface area contributed by atoms with Crippen LogP contribution in [0, 0.1) is 10.1 Å². The van der Waals surface area contributed by atoms with Crippen molar-refractivity contribution in [1.29, 1.82) is 0 Å². The highest BCUT2D eigenvalue weighted by atomic mass is 32.2. The van der Waals surface area contributed by atoms with E-state index in [4.69, 9.17) is 0 Å². The third-order valence-electron chi connectivity index (χ3n) is 4.28. The number of benzene rings is 1. The van der Waals surface area contributed by atoms with Gasteiger partial charge in [0.1, 0.15) is 17.1 Å². The molecule has 0 aliphatic carbocycles. The molecule has 3 rings (SSSR count). The molecular formula is C17H15N3O6S. The van der Waals surface area contributed by atoms with Crippen LogP contribution in [0.1, 0.15) is 5.56 Å². The number of carbonyl (C=O) groups excluding carboxylic acids is 2. The summed E-state index contributed by atoms with van der Waals surface area (Å²) in [6.45, 7) is 3.57. The Morgan fingerprint density at radius 1 is 1.41 bits per heavy atom. The average Bonchev–Trinajstić information content (AvgIpc) is 2.65. The molecule has 9 nitrogen and oxygen atoms in total. The minimum absolute atomic E-state index is 0.0430. The van der Waals surface area contributed by atoms with Gasteiger partial charge in [0, 0.05) is 17.9 Å². The Hall–Kier alpha value is -3.14. The van der Waals surface area contributed by atoms with E-state index in [-0.39, 0.29) is 17.8 Å². The van der Waals surface area contributed by atoms with E-state index in [1.165, 1.54) is 47.0 Å². The molecule has 2 aliphatic heterocycles. The van der Waals surface area contributed by atoms with Crippen LogP contribution in [0.4, 0.5) is 5.69 Å². The largest absolute Gasteiger partial charge is 0.477 e. The number of nitro benzene ring substituents is 1. The van der Waals surface area contributed by atoms with Crippen molar-refractivity contribution in [2.45, 2.75) is 17.8 Å². The number of hydrogen-bond acceptors (Lipinski definition) is 6. The molecule has 0 bridgehead atoms. The van der Waals surface area contributed by atoms with Gasteiger partial charge in [0.2, 0.25) is 5.91 Å². The zero-order chi connectivity index (χ0) is 19.7. The van der Waals surface area contributed by atoms with Crippen molar-refractivity contribution in [2.75, 3.05) is 5.75 Å². The van der Waals surface area contributed by atoms with Gasteiger partial charge in [-0.05, 0) is 11.1 Å². The average molecular weight is 389 g/mol. The highest BCUT2D eigenvalue weighted by Crippen LogP contribution is 2.40. The summed E-state index contributed by atoms with van der Waals surface area (Å²) in [4.78, 5) is 47.3. The maximum Gasteiger partial charge on any atom is 0.352 e. The molecule has 1 aromatic rings. The van der Waals surface area contributed by atoms with Crippen molar-refractivity contribution in [3.05, 3.63) is 63.9 Å². The second kappa shape index (κ2) is 7.23. The molecule has 140 valence electrons. The maximum absolute atomic E-state index is 12.4. The number of carboxylic acids is 1. The summed E-state index contributed by atoms with van der Waals surface area (Å²) in [5, 5.41) is 22.1. The second-order valence-corrected chi connectivity index (χ2v) is 7.04. The number of rotatable bonds is 6. The van der Waals surface area contributed by atoms with E-state index >= 15 is 0 Å². The molecular weight excluding hydrogens is 374 g/mol. The van der Waals surface area contributed by atoms with Crippen LogP contribution < -0.4 is 5.32 Å². The van der Waals surface area contributed by atoms with Crippen molar-refractivity contribution >= 4 is 35.2 Å². The highest BCUT2D eigenvalue weighted by Gasteiger charge is 2.53. The maximum atomic E-state index is 12.4. The molecule has 0 aromatic heterocycles. The van der Waals surface area contributed by atoms with Crippen LogP contribution in [-0.4, -0.2) is 49.9 Å². The monoisotopic (exact) mass is 389 g/mol. The van der Waals surface area contributed by atoms with Crippen LogP contribution in [0.15, 0.2) is 48.2 Å². The first kappa shape index (κ1) is 18.6. The minimum atomic E-state index is -1.21. The third-order valence-corrected chi connectivity index (χ3v) is 5.58. The number of carboxylic acid groups (broad SMARTS) is 1. The molecule has 1 fully saturated rings. The number of β-lactam (4-membered cyclic amide) rings is 1. The van der Waals surface area contributed by atoms with Gasteiger partial charge < -0.3 is 10.4 Å². The zero-order valence-corrected chi connectivity index (χ0v) is 14.8. The Bertz CT molecular complexity index is 879. The fourth-order valence-corrected chi connectivity index (χ4v) is 4.29. The van der Waals surface area contributed by atoms with Gasteiger partial charge in [-0.2, -0.15) is 0 Å². The van der Waals surface area contributed by atoms with Gasteiger partial charge in [-0.15, -0.1) is 11.8 Å². The SMILES string of the molecule is C=CC1=C(C(=O)O)N2C(=O)[C@@H](NC(=O)Cc3ccc([N+](=O)[O-])cc3)[C@H]2SC1. The number of hydrogen-bond donors (Lipinski definition) is 2. The van der Waals surface area contributed by atoms with Crippen LogP contribution in [0.25, 0.3) is 0 Å². The number of nitrogens with one attached hydrogen (secondary N) is 1. The van der Waals surface area contributed by atoms with Gasteiger partial charge in [-0.3, -0.25) is 24.6 Å². The number of amides is 2.